The lowest BCUT2D eigenvalue weighted by Gasteiger charge is -2.18. The smallest absolute Gasteiger partial charge is 0.0960 e. The number of hydrogen-bond donors (Lipinski definition) is 0. The first kappa shape index (κ1) is 10.1. The van der Waals surface area contributed by atoms with Crippen molar-refractivity contribution in [2.75, 3.05) is 7.11 Å². The fourth-order valence-electron chi connectivity index (χ4n) is 2.07. The van der Waals surface area contributed by atoms with E-state index in [-0.39, 0.29) is 0 Å². The zero-order chi connectivity index (χ0) is 9.80. The van der Waals surface area contributed by atoms with Crippen LogP contribution in [0.2, 0.25) is 0 Å². The molecule has 0 atom stereocenters. The van der Waals surface area contributed by atoms with E-state index in [4.69, 9.17) is 4.74 Å². The van der Waals surface area contributed by atoms with Gasteiger partial charge in [-0.2, -0.15) is 0 Å². The first-order chi connectivity index (χ1) is 6.90. The molecule has 0 N–H and O–H groups in total. The van der Waals surface area contributed by atoms with Gasteiger partial charge in [0.25, 0.3) is 0 Å². The maximum atomic E-state index is 5.07. The van der Waals surface area contributed by atoms with Crippen molar-refractivity contribution in [2.24, 2.45) is 0 Å². The van der Waals surface area contributed by atoms with Gasteiger partial charge in [0.2, 0.25) is 0 Å². The van der Waals surface area contributed by atoms with Crippen LogP contribution < -0.4 is 0 Å². The summed E-state index contributed by atoms with van der Waals surface area (Å²) in [6.07, 6.45) is 6.83. The van der Waals surface area contributed by atoms with Gasteiger partial charge in [-0.3, -0.25) is 0 Å². The fourth-order valence-corrected chi connectivity index (χ4v) is 3.05. The van der Waals surface area contributed by atoms with Gasteiger partial charge in [0.05, 0.1) is 17.3 Å². The zero-order valence-corrected chi connectivity index (χ0v) is 9.48. The Morgan fingerprint density at radius 2 is 2.21 bits per heavy atom. The lowest BCUT2D eigenvalue weighted by molar-refractivity contribution is 0.182. The molecule has 1 heterocycles. The van der Waals surface area contributed by atoms with Crippen molar-refractivity contribution in [1.29, 1.82) is 0 Å². The second kappa shape index (κ2) is 4.89. The predicted octanol–water partition coefficient (Wildman–Crippen LogP) is 3.34. The summed E-state index contributed by atoms with van der Waals surface area (Å²) in [4.78, 5) is 4.62. The van der Waals surface area contributed by atoms with Gasteiger partial charge in [0.15, 0.2) is 0 Å². The average molecular weight is 211 g/mol. The summed E-state index contributed by atoms with van der Waals surface area (Å²) in [5.41, 5.74) is 1.10. The molecule has 1 aromatic heterocycles. The molecular formula is C11H17NOS. The molecule has 78 valence electrons. The molecule has 0 saturated heterocycles. The third kappa shape index (κ3) is 2.34. The van der Waals surface area contributed by atoms with Gasteiger partial charge < -0.3 is 4.74 Å². The Bertz CT molecular complexity index is 279. The standard InChI is InChI=1S/C11H17NOS/c1-13-7-10-8-14-11(12-10)9-5-3-2-4-6-9/h8-9H,2-7H2,1H3. The van der Waals surface area contributed by atoms with Crippen LogP contribution in [0.4, 0.5) is 0 Å². The first-order valence-electron chi connectivity index (χ1n) is 5.33. The quantitative estimate of drug-likeness (QED) is 0.765. The topological polar surface area (TPSA) is 22.1 Å². The van der Waals surface area contributed by atoms with Gasteiger partial charge in [-0.1, -0.05) is 19.3 Å². The minimum Gasteiger partial charge on any atom is -0.378 e. The van der Waals surface area contributed by atoms with E-state index >= 15 is 0 Å². The Balaban J connectivity index is 2.00. The normalized spacial score (nSPS) is 18.6. The number of methoxy groups -OCH3 is 1. The van der Waals surface area contributed by atoms with Crippen molar-refractivity contribution < 1.29 is 4.74 Å². The molecule has 0 aliphatic heterocycles. The predicted molar refractivity (Wildman–Crippen MR) is 58.7 cm³/mol. The van der Waals surface area contributed by atoms with E-state index in [2.05, 4.69) is 10.4 Å². The number of rotatable bonds is 3. The summed E-state index contributed by atoms with van der Waals surface area (Å²) in [6.45, 7) is 0.656. The lowest BCUT2D eigenvalue weighted by atomic mass is 9.90. The van der Waals surface area contributed by atoms with E-state index in [0.29, 0.717) is 6.61 Å². The van der Waals surface area contributed by atoms with E-state index in [0.717, 1.165) is 11.6 Å². The summed E-state index contributed by atoms with van der Waals surface area (Å²) in [6, 6.07) is 0. The van der Waals surface area contributed by atoms with Crippen molar-refractivity contribution in [2.45, 2.75) is 44.6 Å². The Morgan fingerprint density at radius 3 is 2.93 bits per heavy atom. The van der Waals surface area contributed by atoms with Gasteiger partial charge in [-0.05, 0) is 12.8 Å². The van der Waals surface area contributed by atoms with Crippen molar-refractivity contribution >= 4 is 11.3 Å². The van der Waals surface area contributed by atoms with Crippen LogP contribution >= 0.6 is 11.3 Å². The monoisotopic (exact) mass is 211 g/mol. The molecule has 0 spiro atoms. The molecule has 0 unspecified atom stereocenters. The Hall–Kier alpha value is -0.410. The molecule has 3 heteroatoms. The molecule has 1 aromatic rings. The van der Waals surface area contributed by atoms with E-state index < -0.39 is 0 Å². The van der Waals surface area contributed by atoms with E-state index in [1.165, 1.54) is 37.1 Å². The van der Waals surface area contributed by atoms with Crippen LogP contribution in [-0.2, 0) is 11.3 Å². The van der Waals surface area contributed by atoms with Gasteiger partial charge in [-0.15, -0.1) is 11.3 Å². The minimum atomic E-state index is 0.656. The van der Waals surface area contributed by atoms with Crippen LogP contribution in [0, 0.1) is 0 Å². The van der Waals surface area contributed by atoms with Crippen molar-refractivity contribution in [3.05, 3.63) is 16.1 Å². The Kier molecular flexibility index (Phi) is 3.54. The van der Waals surface area contributed by atoms with Crippen LogP contribution in [0.25, 0.3) is 0 Å². The van der Waals surface area contributed by atoms with Crippen LogP contribution in [0.15, 0.2) is 5.38 Å². The second-order valence-corrected chi connectivity index (χ2v) is 4.83. The van der Waals surface area contributed by atoms with Crippen LogP contribution in [-0.4, -0.2) is 12.1 Å². The van der Waals surface area contributed by atoms with Gasteiger partial charge in [0, 0.05) is 18.4 Å². The first-order valence-corrected chi connectivity index (χ1v) is 6.21. The molecule has 0 bridgehead atoms. The highest BCUT2D eigenvalue weighted by atomic mass is 32.1. The number of nitrogens with zero attached hydrogens (tertiary/aromatic N) is 1. The highest BCUT2D eigenvalue weighted by Gasteiger charge is 2.18. The molecule has 14 heavy (non-hydrogen) atoms. The van der Waals surface area contributed by atoms with E-state index in [1.807, 2.05) is 0 Å². The van der Waals surface area contributed by atoms with E-state index in [9.17, 15) is 0 Å². The second-order valence-electron chi connectivity index (χ2n) is 3.95. The Morgan fingerprint density at radius 1 is 1.43 bits per heavy atom. The maximum Gasteiger partial charge on any atom is 0.0960 e. The summed E-state index contributed by atoms with van der Waals surface area (Å²) < 4.78 is 5.07. The minimum absolute atomic E-state index is 0.656. The van der Waals surface area contributed by atoms with Gasteiger partial charge in [-0.25, -0.2) is 4.98 Å². The highest BCUT2D eigenvalue weighted by Crippen LogP contribution is 2.34. The lowest BCUT2D eigenvalue weighted by Crippen LogP contribution is -2.04. The molecule has 1 aliphatic carbocycles. The van der Waals surface area contributed by atoms with Crippen LogP contribution in [0.5, 0.6) is 0 Å². The van der Waals surface area contributed by atoms with Crippen molar-refractivity contribution in [3.63, 3.8) is 0 Å². The molecule has 1 saturated carbocycles. The van der Waals surface area contributed by atoms with Crippen molar-refractivity contribution in [3.8, 4) is 0 Å². The molecule has 1 aliphatic rings. The summed E-state index contributed by atoms with van der Waals surface area (Å²) in [5.74, 6) is 0.736. The van der Waals surface area contributed by atoms with E-state index in [1.54, 1.807) is 18.4 Å². The van der Waals surface area contributed by atoms with Gasteiger partial charge in [0.1, 0.15) is 0 Å². The average Bonchev–Trinajstić information content (AvgIpc) is 2.68. The SMILES string of the molecule is COCc1csc(C2CCCCC2)n1. The van der Waals surface area contributed by atoms with Crippen LogP contribution in [0.1, 0.15) is 48.7 Å². The molecule has 0 amide bonds. The largest absolute Gasteiger partial charge is 0.378 e. The number of aromatic nitrogens is 1. The number of ether oxygens (including phenoxy) is 1. The molecular weight excluding hydrogens is 194 g/mol. The number of thiazole rings is 1. The van der Waals surface area contributed by atoms with Gasteiger partial charge >= 0.3 is 0 Å². The number of hydrogen-bond acceptors (Lipinski definition) is 3. The molecule has 0 radical (unpaired) electrons. The molecule has 2 rings (SSSR count). The molecule has 1 fully saturated rings. The Labute approximate surface area is 89.3 Å². The maximum absolute atomic E-state index is 5.07. The fraction of sp³-hybridized carbons (Fsp3) is 0.727. The highest BCUT2D eigenvalue weighted by molar-refractivity contribution is 7.09. The molecule has 0 aromatic carbocycles. The third-order valence-electron chi connectivity index (χ3n) is 2.82. The zero-order valence-electron chi connectivity index (χ0n) is 8.66. The van der Waals surface area contributed by atoms with Crippen LogP contribution in [0.3, 0.4) is 0 Å². The van der Waals surface area contributed by atoms with Crippen molar-refractivity contribution in [1.82, 2.24) is 4.98 Å². The summed E-state index contributed by atoms with van der Waals surface area (Å²) >= 11 is 1.80. The third-order valence-corrected chi connectivity index (χ3v) is 3.87. The summed E-state index contributed by atoms with van der Waals surface area (Å²) in [5, 5.41) is 3.46. The molecule has 2 nitrogen and oxygen atoms in total. The summed E-state index contributed by atoms with van der Waals surface area (Å²) in [7, 11) is 1.72.